The highest BCUT2D eigenvalue weighted by molar-refractivity contribution is 9.10. The number of nitrogens with zero attached hydrogens (tertiary/aromatic N) is 2. The normalized spacial score (nSPS) is 10.7. The maximum Gasteiger partial charge on any atom is 0.276 e. The summed E-state index contributed by atoms with van der Waals surface area (Å²) in [4.78, 5) is 1.29. The number of thioether (sulfide) groups is 1. The van der Waals surface area contributed by atoms with Crippen LogP contribution in [-0.4, -0.2) is 10.2 Å². The third-order valence-corrected chi connectivity index (χ3v) is 4.21. The Balaban J connectivity index is 1.94. The van der Waals surface area contributed by atoms with E-state index in [4.69, 9.17) is 4.42 Å². The van der Waals surface area contributed by atoms with Crippen molar-refractivity contribution < 1.29 is 4.42 Å². The van der Waals surface area contributed by atoms with E-state index in [-0.39, 0.29) is 0 Å². The van der Waals surface area contributed by atoms with Gasteiger partial charge >= 0.3 is 0 Å². The molecule has 0 saturated carbocycles. The highest BCUT2D eigenvalue weighted by atomic mass is 79.9. The molecule has 0 bridgehead atoms. The predicted molar refractivity (Wildman–Crippen MR) is 60.6 cm³/mol. The van der Waals surface area contributed by atoms with Gasteiger partial charge in [0.2, 0.25) is 5.89 Å². The zero-order valence-corrected chi connectivity index (χ0v) is 10.6. The topological polar surface area (TPSA) is 38.9 Å². The molecule has 0 aliphatic heterocycles. The molecular weight excluding hydrogens is 284 g/mol. The van der Waals surface area contributed by atoms with Gasteiger partial charge in [0.15, 0.2) is 0 Å². The van der Waals surface area contributed by atoms with Crippen LogP contribution in [0.15, 0.2) is 25.6 Å². The largest absolute Gasteiger partial charge is 0.416 e. The van der Waals surface area contributed by atoms with E-state index < -0.39 is 0 Å². The molecule has 2 heterocycles. The number of rotatable bonds is 3. The van der Waals surface area contributed by atoms with Crippen molar-refractivity contribution >= 4 is 39.0 Å². The van der Waals surface area contributed by atoms with Crippen molar-refractivity contribution in [3.63, 3.8) is 0 Å². The van der Waals surface area contributed by atoms with Crippen LogP contribution in [0.5, 0.6) is 0 Å². The van der Waals surface area contributed by atoms with Crippen molar-refractivity contribution in [1.82, 2.24) is 10.2 Å². The molecule has 3 nitrogen and oxygen atoms in total. The second-order valence-corrected chi connectivity index (χ2v) is 5.44. The summed E-state index contributed by atoms with van der Waals surface area (Å²) in [7, 11) is 0. The summed E-state index contributed by atoms with van der Waals surface area (Å²) in [6.45, 7) is 1.79. The molecule has 0 aliphatic carbocycles. The summed E-state index contributed by atoms with van der Waals surface area (Å²) in [5.74, 6) is 1.48. The Hall–Kier alpha value is -0.330. The Bertz CT molecular complexity index is 386. The van der Waals surface area contributed by atoms with Gasteiger partial charge in [0.1, 0.15) is 0 Å². The van der Waals surface area contributed by atoms with E-state index in [0.717, 1.165) is 10.2 Å². The molecule has 14 heavy (non-hydrogen) atoms. The lowest BCUT2D eigenvalue weighted by atomic mass is 10.5. The average Bonchev–Trinajstić information content (AvgIpc) is 2.72. The third kappa shape index (κ3) is 2.59. The highest BCUT2D eigenvalue weighted by Crippen LogP contribution is 2.27. The van der Waals surface area contributed by atoms with E-state index in [1.54, 1.807) is 30.0 Å². The minimum absolute atomic E-state index is 0.611. The van der Waals surface area contributed by atoms with E-state index in [9.17, 15) is 0 Å². The van der Waals surface area contributed by atoms with Gasteiger partial charge in [0.25, 0.3) is 5.22 Å². The van der Waals surface area contributed by atoms with Gasteiger partial charge in [-0.2, -0.15) is 0 Å². The first-order valence-electron chi connectivity index (χ1n) is 3.90. The molecule has 0 aliphatic rings. The molecule has 2 aromatic heterocycles. The van der Waals surface area contributed by atoms with Crippen molar-refractivity contribution in [2.45, 2.75) is 17.9 Å². The third-order valence-electron chi connectivity index (χ3n) is 1.47. The maximum atomic E-state index is 5.25. The first-order chi connectivity index (χ1) is 6.74. The van der Waals surface area contributed by atoms with Crippen LogP contribution in [0.25, 0.3) is 0 Å². The molecule has 6 heteroatoms. The number of hydrogen-bond acceptors (Lipinski definition) is 5. The van der Waals surface area contributed by atoms with Gasteiger partial charge in [-0.3, -0.25) is 0 Å². The molecule has 0 saturated heterocycles. The minimum Gasteiger partial charge on any atom is -0.416 e. The summed E-state index contributed by atoms with van der Waals surface area (Å²) in [5, 5.41) is 10.4. The Kier molecular flexibility index (Phi) is 3.25. The summed E-state index contributed by atoms with van der Waals surface area (Å²) >= 11 is 6.69. The fourth-order valence-corrected chi connectivity index (χ4v) is 3.21. The van der Waals surface area contributed by atoms with E-state index in [1.807, 2.05) is 0 Å². The van der Waals surface area contributed by atoms with E-state index in [1.165, 1.54) is 4.88 Å². The summed E-state index contributed by atoms with van der Waals surface area (Å²) in [5.41, 5.74) is 0. The molecule has 0 aromatic carbocycles. The fourth-order valence-electron chi connectivity index (χ4n) is 0.899. The van der Waals surface area contributed by atoms with Gasteiger partial charge in [0, 0.05) is 27.4 Å². The van der Waals surface area contributed by atoms with Crippen LogP contribution < -0.4 is 0 Å². The van der Waals surface area contributed by atoms with Gasteiger partial charge < -0.3 is 4.42 Å². The molecule has 0 atom stereocenters. The number of aromatic nitrogens is 2. The van der Waals surface area contributed by atoms with Crippen LogP contribution in [0.3, 0.4) is 0 Å². The standard InChI is InChI=1S/C8H7BrN2OS2/c1-5-10-11-8(12-5)14-4-7-2-6(9)3-13-7/h2-3H,4H2,1H3. The van der Waals surface area contributed by atoms with E-state index >= 15 is 0 Å². The van der Waals surface area contributed by atoms with E-state index in [2.05, 4.69) is 37.6 Å². The SMILES string of the molecule is Cc1nnc(SCc2cc(Br)cs2)o1. The van der Waals surface area contributed by atoms with Crippen molar-refractivity contribution in [3.8, 4) is 0 Å². The Morgan fingerprint density at radius 2 is 2.43 bits per heavy atom. The Labute approximate surface area is 98.1 Å². The smallest absolute Gasteiger partial charge is 0.276 e. The van der Waals surface area contributed by atoms with Gasteiger partial charge in [-0.25, -0.2) is 0 Å². The molecule has 0 amide bonds. The minimum atomic E-state index is 0.611. The van der Waals surface area contributed by atoms with Crippen LogP contribution in [-0.2, 0) is 5.75 Å². The quantitative estimate of drug-likeness (QED) is 0.811. The van der Waals surface area contributed by atoms with Crippen molar-refractivity contribution in [3.05, 3.63) is 26.7 Å². The molecule has 2 rings (SSSR count). The van der Waals surface area contributed by atoms with Gasteiger partial charge in [-0.05, 0) is 22.0 Å². The zero-order chi connectivity index (χ0) is 9.97. The number of halogens is 1. The molecule has 0 fully saturated rings. The molecular formula is C8H7BrN2OS2. The monoisotopic (exact) mass is 290 g/mol. The van der Waals surface area contributed by atoms with Gasteiger partial charge in [0.05, 0.1) is 0 Å². The van der Waals surface area contributed by atoms with Crippen molar-refractivity contribution in [2.75, 3.05) is 0 Å². The van der Waals surface area contributed by atoms with Crippen LogP contribution in [0.4, 0.5) is 0 Å². The summed E-state index contributed by atoms with van der Waals surface area (Å²) < 4.78 is 6.37. The molecule has 0 radical (unpaired) electrons. The van der Waals surface area contributed by atoms with Crippen LogP contribution in [0, 0.1) is 6.92 Å². The Morgan fingerprint density at radius 3 is 3.00 bits per heavy atom. The van der Waals surface area contributed by atoms with Crippen LogP contribution in [0.1, 0.15) is 10.8 Å². The van der Waals surface area contributed by atoms with Gasteiger partial charge in [-0.15, -0.1) is 21.5 Å². The first kappa shape index (κ1) is 10.2. The summed E-state index contributed by atoms with van der Waals surface area (Å²) in [6.07, 6.45) is 0. The van der Waals surface area contributed by atoms with E-state index in [0.29, 0.717) is 11.1 Å². The van der Waals surface area contributed by atoms with Crippen LogP contribution >= 0.6 is 39.0 Å². The average molecular weight is 291 g/mol. The molecule has 2 aromatic rings. The summed E-state index contributed by atoms with van der Waals surface area (Å²) in [6, 6.07) is 2.10. The fraction of sp³-hybridized carbons (Fsp3) is 0.250. The van der Waals surface area contributed by atoms with Gasteiger partial charge in [-0.1, -0.05) is 11.8 Å². The zero-order valence-electron chi connectivity index (χ0n) is 7.36. The van der Waals surface area contributed by atoms with Crippen molar-refractivity contribution in [1.29, 1.82) is 0 Å². The first-order valence-corrected chi connectivity index (χ1v) is 6.55. The number of hydrogen-bond donors (Lipinski definition) is 0. The lowest BCUT2D eigenvalue weighted by molar-refractivity contribution is 0.429. The Morgan fingerprint density at radius 1 is 1.57 bits per heavy atom. The number of thiophene rings is 1. The second-order valence-electron chi connectivity index (χ2n) is 2.61. The molecule has 74 valence electrons. The lowest BCUT2D eigenvalue weighted by Gasteiger charge is -1.91. The number of aryl methyl sites for hydroxylation is 1. The lowest BCUT2D eigenvalue weighted by Crippen LogP contribution is -1.74. The highest BCUT2D eigenvalue weighted by Gasteiger charge is 2.04. The molecule has 0 N–H and O–H groups in total. The predicted octanol–water partition coefficient (Wildman–Crippen LogP) is 3.49. The molecule has 0 unspecified atom stereocenters. The molecule has 0 spiro atoms. The van der Waals surface area contributed by atoms with Crippen LogP contribution in [0.2, 0.25) is 0 Å². The maximum absolute atomic E-state index is 5.25. The van der Waals surface area contributed by atoms with Crippen molar-refractivity contribution in [2.24, 2.45) is 0 Å². The second kappa shape index (κ2) is 4.46.